The average Bonchev–Trinajstić information content (AvgIpc) is 3.23. The Balaban J connectivity index is 4.74. The van der Waals surface area contributed by atoms with Crippen LogP contribution in [0, 0.1) is 5.92 Å². The Morgan fingerprint density at radius 2 is 0.949 bits per heavy atom. The Labute approximate surface area is 364 Å². The minimum atomic E-state index is -0.684. The third kappa shape index (κ3) is 40.8. The van der Waals surface area contributed by atoms with Gasteiger partial charge in [-0.05, 0) is 96.6 Å². The van der Waals surface area contributed by atoms with E-state index in [1.807, 2.05) is 0 Å². The molecule has 0 fully saturated rings. The topological polar surface area (TPSA) is 91.4 Å². The monoisotopic (exact) mass is 834 g/mol. The van der Waals surface area contributed by atoms with E-state index in [-0.39, 0.29) is 37.2 Å². The Kier molecular flexibility index (Phi) is 43.4. The lowest BCUT2D eigenvalue weighted by atomic mass is 10.0. The number of unbranched alkanes of at least 4 members (excludes halogenated alkanes) is 19. The molecule has 0 radical (unpaired) electrons. The highest BCUT2D eigenvalue weighted by molar-refractivity contribution is 5.69. The molecule has 0 amide bonds. The first-order valence-corrected chi connectivity index (χ1v) is 25.1. The van der Waals surface area contributed by atoms with Gasteiger partial charge >= 0.3 is 18.1 Å². The maximum atomic E-state index is 13.0. The van der Waals surface area contributed by atoms with Gasteiger partial charge in [0, 0.05) is 25.3 Å². The van der Waals surface area contributed by atoms with Crippen LogP contribution in [0.5, 0.6) is 0 Å². The van der Waals surface area contributed by atoms with Crippen molar-refractivity contribution in [2.24, 2.45) is 5.92 Å². The Hall–Kier alpha value is -2.35. The van der Waals surface area contributed by atoms with Gasteiger partial charge in [-0.1, -0.05) is 162 Å². The van der Waals surface area contributed by atoms with Crippen molar-refractivity contribution in [3.63, 3.8) is 0 Å². The normalized spacial score (nSPS) is 12.3. The van der Waals surface area contributed by atoms with Crippen molar-refractivity contribution in [3.05, 3.63) is 24.3 Å². The van der Waals surface area contributed by atoms with Crippen LogP contribution >= 0.6 is 0 Å². The number of carbonyl (C=O) groups is 3. The standard InChI is InChI=1S/C51H95NO7/c1-6-11-14-17-20-21-22-23-24-25-26-27-28-31-34-41-49(53)57-45-47(46-58-51(55)56-44-37-43-52(9-4)10-5)38-35-36-42-50(54)59-48(39-32-29-18-15-12-7-2)40-33-30-19-16-13-8-3/h20-21,23-24,47-48H,6-19,22,25-46H2,1-5H3/b21-20-,24-23-. The first-order chi connectivity index (χ1) is 28.9. The fraction of sp³-hybridized carbons (Fsp3) is 0.863. The van der Waals surface area contributed by atoms with Gasteiger partial charge in [-0.2, -0.15) is 0 Å². The van der Waals surface area contributed by atoms with Gasteiger partial charge in [-0.15, -0.1) is 0 Å². The molecule has 8 nitrogen and oxygen atoms in total. The fourth-order valence-electron chi connectivity index (χ4n) is 7.30. The van der Waals surface area contributed by atoms with Crippen LogP contribution in [-0.4, -0.2) is 68.6 Å². The van der Waals surface area contributed by atoms with E-state index in [9.17, 15) is 14.4 Å². The fourth-order valence-corrected chi connectivity index (χ4v) is 7.30. The maximum absolute atomic E-state index is 13.0. The van der Waals surface area contributed by atoms with Crippen molar-refractivity contribution in [2.75, 3.05) is 39.5 Å². The lowest BCUT2D eigenvalue weighted by molar-refractivity contribution is -0.150. The second kappa shape index (κ2) is 45.2. The number of hydrogen-bond donors (Lipinski definition) is 0. The molecule has 0 spiro atoms. The van der Waals surface area contributed by atoms with Gasteiger partial charge in [-0.3, -0.25) is 9.59 Å². The number of allylic oxidation sites excluding steroid dienone is 4. The zero-order valence-corrected chi connectivity index (χ0v) is 39.4. The summed E-state index contributed by atoms with van der Waals surface area (Å²) >= 11 is 0. The highest BCUT2D eigenvalue weighted by Crippen LogP contribution is 2.19. The van der Waals surface area contributed by atoms with Crippen LogP contribution in [0.15, 0.2) is 24.3 Å². The van der Waals surface area contributed by atoms with Crippen LogP contribution in [-0.2, 0) is 28.5 Å². The first-order valence-electron chi connectivity index (χ1n) is 25.1. The lowest BCUT2D eigenvalue weighted by Crippen LogP contribution is -2.25. The van der Waals surface area contributed by atoms with E-state index >= 15 is 0 Å². The van der Waals surface area contributed by atoms with Gasteiger partial charge < -0.3 is 23.8 Å². The van der Waals surface area contributed by atoms with Crippen molar-refractivity contribution in [3.8, 4) is 0 Å². The van der Waals surface area contributed by atoms with Crippen molar-refractivity contribution < 1.29 is 33.3 Å². The van der Waals surface area contributed by atoms with Crippen LogP contribution in [0.4, 0.5) is 4.79 Å². The summed E-state index contributed by atoms with van der Waals surface area (Å²) in [7, 11) is 0. The first kappa shape index (κ1) is 56.6. The van der Waals surface area contributed by atoms with Crippen LogP contribution in [0.2, 0.25) is 0 Å². The van der Waals surface area contributed by atoms with Crippen molar-refractivity contribution >= 4 is 18.1 Å². The maximum Gasteiger partial charge on any atom is 0.508 e. The smallest absolute Gasteiger partial charge is 0.465 e. The van der Waals surface area contributed by atoms with E-state index in [1.165, 1.54) is 103 Å². The van der Waals surface area contributed by atoms with Crippen LogP contribution in [0.1, 0.15) is 234 Å². The molecule has 0 aliphatic carbocycles. The Morgan fingerprint density at radius 1 is 0.475 bits per heavy atom. The molecule has 1 unspecified atom stereocenters. The van der Waals surface area contributed by atoms with Gasteiger partial charge in [0.05, 0.1) is 13.2 Å². The highest BCUT2D eigenvalue weighted by Gasteiger charge is 2.18. The van der Waals surface area contributed by atoms with Crippen molar-refractivity contribution in [1.29, 1.82) is 0 Å². The molecular formula is C51H95NO7. The molecule has 346 valence electrons. The number of nitrogens with zero attached hydrogens (tertiary/aromatic N) is 1. The zero-order valence-electron chi connectivity index (χ0n) is 39.4. The molecule has 59 heavy (non-hydrogen) atoms. The van der Waals surface area contributed by atoms with E-state index in [0.29, 0.717) is 32.3 Å². The van der Waals surface area contributed by atoms with Gasteiger partial charge in [0.1, 0.15) is 12.7 Å². The molecule has 0 saturated carbocycles. The lowest BCUT2D eigenvalue weighted by Gasteiger charge is -2.19. The summed E-state index contributed by atoms with van der Waals surface area (Å²) in [6, 6.07) is 0. The van der Waals surface area contributed by atoms with E-state index in [0.717, 1.165) is 90.3 Å². The third-order valence-electron chi connectivity index (χ3n) is 11.3. The summed E-state index contributed by atoms with van der Waals surface area (Å²) in [6.45, 7) is 14.4. The van der Waals surface area contributed by atoms with Gasteiger partial charge in [0.2, 0.25) is 0 Å². The number of ether oxygens (including phenoxy) is 4. The molecule has 0 aromatic carbocycles. The molecule has 0 aromatic heterocycles. The second-order valence-electron chi connectivity index (χ2n) is 16.8. The molecule has 1 atom stereocenters. The number of rotatable bonds is 44. The molecule has 0 bridgehead atoms. The minimum absolute atomic E-state index is 0.0120. The predicted octanol–water partition coefficient (Wildman–Crippen LogP) is 14.8. The molecule has 0 N–H and O–H groups in total. The predicted molar refractivity (Wildman–Crippen MR) is 248 cm³/mol. The second-order valence-corrected chi connectivity index (χ2v) is 16.8. The van der Waals surface area contributed by atoms with E-state index in [2.05, 4.69) is 63.8 Å². The molecule has 8 heteroatoms. The van der Waals surface area contributed by atoms with Gasteiger partial charge in [0.15, 0.2) is 0 Å². The Bertz CT molecular complexity index is 979. The van der Waals surface area contributed by atoms with Crippen LogP contribution in [0.3, 0.4) is 0 Å². The highest BCUT2D eigenvalue weighted by atomic mass is 16.7. The van der Waals surface area contributed by atoms with E-state index in [4.69, 9.17) is 18.9 Å². The summed E-state index contributed by atoms with van der Waals surface area (Å²) in [6.07, 6.45) is 41.4. The third-order valence-corrected chi connectivity index (χ3v) is 11.3. The summed E-state index contributed by atoms with van der Waals surface area (Å²) in [4.78, 5) is 40.3. The molecule has 0 rings (SSSR count). The van der Waals surface area contributed by atoms with E-state index < -0.39 is 6.16 Å². The Morgan fingerprint density at radius 3 is 1.56 bits per heavy atom. The van der Waals surface area contributed by atoms with Crippen molar-refractivity contribution in [1.82, 2.24) is 4.90 Å². The summed E-state index contributed by atoms with van der Waals surface area (Å²) in [5.74, 6) is -0.474. The number of esters is 2. The molecule has 0 aliphatic rings. The summed E-state index contributed by atoms with van der Waals surface area (Å²) in [5, 5.41) is 0. The van der Waals surface area contributed by atoms with Gasteiger partial charge in [-0.25, -0.2) is 4.79 Å². The van der Waals surface area contributed by atoms with Crippen LogP contribution < -0.4 is 0 Å². The SMILES string of the molecule is CCCCC/C=C\C/C=C\CCCCCCCC(=O)OCC(CCCCC(=O)OC(CCCCCCCC)CCCCCCCC)COC(=O)OCCCN(CC)CC. The minimum Gasteiger partial charge on any atom is -0.465 e. The molecular weight excluding hydrogens is 739 g/mol. The summed E-state index contributed by atoms with van der Waals surface area (Å²) in [5.41, 5.74) is 0. The van der Waals surface area contributed by atoms with Crippen molar-refractivity contribution in [2.45, 2.75) is 240 Å². The number of carbonyl (C=O) groups excluding carboxylic acids is 3. The molecule has 0 saturated heterocycles. The largest absolute Gasteiger partial charge is 0.508 e. The number of hydrogen-bond acceptors (Lipinski definition) is 8. The molecule has 0 aromatic rings. The van der Waals surface area contributed by atoms with Gasteiger partial charge in [0.25, 0.3) is 0 Å². The van der Waals surface area contributed by atoms with Crippen LogP contribution in [0.25, 0.3) is 0 Å². The zero-order chi connectivity index (χ0) is 43.3. The summed E-state index contributed by atoms with van der Waals surface area (Å²) < 4.78 is 22.6. The van der Waals surface area contributed by atoms with E-state index in [1.54, 1.807) is 0 Å². The molecule has 0 heterocycles. The molecule has 0 aliphatic heterocycles. The average molecular weight is 834 g/mol. The quantitative estimate of drug-likeness (QED) is 0.0259.